The van der Waals surface area contributed by atoms with Gasteiger partial charge in [0.1, 0.15) is 5.03 Å². The molecule has 0 fully saturated rings. The first-order valence-electron chi connectivity index (χ1n) is 6.32. The van der Waals surface area contributed by atoms with Gasteiger partial charge in [-0.2, -0.15) is 0 Å². The van der Waals surface area contributed by atoms with Crippen LogP contribution in [0.5, 0.6) is 0 Å². The number of thioether (sulfide) groups is 1. The van der Waals surface area contributed by atoms with Crippen LogP contribution in [-0.2, 0) is 0 Å². The molecule has 1 heterocycles. The summed E-state index contributed by atoms with van der Waals surface area (Å²) in [6.07, 6.45) is 9.94. The highest BCUT2D eigenvalue weighted by atomic mass is 32.2. The maximum absolute atomic E-state index is 12.1. The Morgan fingerprint density at radius 1 is 1.63 bits per heavy atom. The lowest BCUT2D eigenvalue weighted by Gasteiger charge is -2.27. The molecule has 19 heavy (non-hydrogen) atoms. The predicted molar refractivity (Wildman–Crippen MR) is 76.3 cm³/mol. The highest BCUT2D eigenvalue weighted by molar-refractivity contribution is 7.98. The Hall–Kier alpha value is -1.33. The number of nitrogens with zero attached hydrogens (tertiary/aromatic N) is 1. The fourth-order valence-electron chi connectivity index (χ4n) is 2.11. The number of aromatic nitrogens is 1. The normalized spacial score (nSPS) is 22.2. The van der Waals surface area contributed by atoms with Crippen molar-refractivity contribution in [1.82, 2.24) is 10.3 Å². The van der Waals surface area contributed by atoms with E-state index in [1.54, 1.807) is 24.4 Å². The third-order valence-corrected chi connectivity index (χ3v) is 3.88. The zero-order valence-corrected chi connectivity index (χ0v) is 11.7. The number of rotatable bonds is 4. The second kappa shape index (κ2) is 6.21. The molecule has 102 valence electrons. The molecule has 4 nitrogen and oxygen atoms in total. The monoisotopic (exact) mass is 278 g/mol. The second-order valence-corrected chi connectivity index (χ2v) is 5.44. The standard InChI is InChI=1S/C14H18N2O2S/c1-19-13-11(6-5-9-15-13)12(17)16-10-14(18)7-3-2-4-8-14/h3,5-7,9,18H,2,4,8,10H2,1H3,(H,16,17). The van der Waals surface area contributed by atoms with Gasteiger partial charge in [-0.3, -0.25) is 4.79 Å². The molecule has 1 aromatic rings. The SMILES string of the molecule is CSc1ncccc1C(=O)NCC1(O)C=CCCC1. The molecule has 1 unspecified atom stereocenters. The van der Waals surface area contributed by atoms with Crippen LogP contribution in [0, 0.1) is 0 Å². The van der Waals surface area contributed by atoms with Crippen molar-refractivity contribution in [1.29, 1.82) is 0 Å². The maximum Gasteiger partial charge on any atom is 0.254 e. The Morgan fingerprint density at radius 3 is 3.16 bits per heavy atom. The van der Waals surface area contributed by atoms with Gasteiger partial charge in [-0.25, -0.2) is 4.98 Å². The highest BCUT2D eigenvalue weighted by Crippen LogP contribution is 2.21. The van der Waals surface area contributed by atoms with Crippen LogP contribution in [-0.4, -0.2) is 34.4 Å². The maximum atomic E-state index is 12.1. The van der Waals surface area contributed by atoms with E-state index >= 15 is 0 Å². The molecule has 2 rings (SSSR count). The van der Waals surface area contributed by atoms with Crippen molar-refractivity contribution < 1.29 is 9.90 Å². The van der Waals surface area contributed by atoms with Crippen molar-refractivity contribution in [3.8, 4) is 0 Å². The summed E-state index contributed by atoms with van der Waals surface area (Å²) in [6.45, 7) is 0.241. The Balaban J connectivity index is 2.01. The lowest BCUT2D eigenvalue weighted by atomic mass is 9.91. The van der Waals surface area contributed by atoms with E-state index in [-0.39, 0.29) is 12.5 Å². The molecule has 0 radical (unpaired) electrons. The second-order valence-electron chi connectivity index (χ2n) is 4.64. The number of nitrogens with one attached hydrogen (secondary N) is 1. The van der Waals surface area contributed by atoms with E-state index < -0.39 is 5.60 Å². The first-order valence-corrected chi connectivity index (χ1v) is 7.54. The first kappa shape index (κ1) is 14.1. The van der Waals surface area contributed by atoms with E-state index in [0.717, 1.165) is 12.8 Å². The Morgan fingerprint density at radius 2 is 2.47 bits per heavy atom. The van der Waals surface area contributed by atoms with Crippen molar-refractivity contribution in [2.24, 2.45) is 0 Å². The first-order chi connectivity index (χ1) is 9.14. The van der Waals surface area contributed by atoms with Crippen LogP contribution < -0.4 is 5.32 Å². The van der Waals surface area contributed by atoms with Crippen LogP contribution in [0.15, 0.2) is 35.5 Å². The fourth-order valence-corrected chi connectivity index (χ4v) is 2.66. The van der Waals surface area contributed by atoms with Gasteiger partial charge in [0.15, 0.2) is 0 Å². The van der Waals surface area contributed by atoms with Crippen molar-refractivity contribution in [2.45, 2.75) is 29.9 Å². The molecule has 1 aliphatic carbocycles. The molecular formula is C14H18N2O2S. The zero-order chi connectivity index (χ0) is 13.7. The topological polar surface area (TPSA) is 62.2 Å². The summed E-state index contributed by atoms with van der Waals surface area (Å²) in [7, 11) is 0. The number of amides is 1. The van der Waals surface area contributed by atoms with Gasteiger partial charge in [-0.15, -0.1) is 11.8 Å². The average Bonchev–Trinajstić information content (AvgIpc) is 2.45. The lowest BCUT2D eigenvalue weighted by Crippen LogP contribution is -2.42. The summed E-state index contributed by atoms with van der Waals surface area (Å²) in [5.41, 5.74) is -0.353. The van der Waals surface area contributed by atoms with Gasteiger partial charge in [-0.1, -0.05) is 12.2 Å². The minimum atomic E-state index is -0.907. The number of hydrogen-bond donors (Lipinski definition) is 2. The van der Waals surface area contributed by atoms with E-state index in [9.17, 15) is 9.90 Å². The lowest BCUT2D eigenvalue weighted by molar-refractivity contribution is 0.0658. The van der Waals surface area contributed by atoms with Crippen LogP contribution >= 0.6 is 11.8 Å². The van der Waals surface area contributed by atoms with Crippen LogP contribution in [0.2, 0.25) is 0 Å². The molecule has 0 saturated carbocycles. The molecule has 1 atom stereocenters. The van der Waals surface area contributed by atoms with E-state index in [1.807, 2.05) is 12.3 Å². The molecule has 1 aromatic heterocycles. The number of pyridine rings is 1. The Bertz CT molecular complexity index is 490. The summed E-state index contributed by atoms with van der Waals surface area (Å²) >= 11 is 1.44. The molecule has 0 aliphatic heterocycles. The van der Waals surface area contributed by atoms with Gasteiger partial charge in [0.25, 0.3) is 5.91 Å². The van der Waals surface area contributed by atoms with Gasteiger partial charge < -0.3 is 10.4 Å². The minimum absolute atomic E-state index is 0.190. The van der Waals surface area contributed by atoms with Crippen LogP contribution in [0.25, 0.3) is 0 Å². The Labute approximate surface area is 117 Å². The van der Waals surface area contributed by atoms with Crippen LogP contribution in [0.4, 0.5) is 0 Å². The molecular weight excluding hydrogens is 260 g/mol. The zero-order valence-electron chi connectivity index (χ0n) is 10.9. The average molecular weight is 278 g/mol. The molecule has 0 bridgehead atoms. The summed E-state index contributed by atoms with van der Waals surface area (Å²) in [5, 5.41) is 13.8. The molecule has 1 aliphatic rings. The quantitative estimate of drug-likeness (QED) is 0.653. The highest BCUT2D eigenvalue weighted by Gasteiger charge is 2.26. The summed E-state index contributed by atoms with van der Waals surface area (Å²) in [4.78, 5) is 16.3. The summed E-state index contributed by atoms with van der Waals surface area (Å²) in [5.74, 6) is -0.190. The van der Waals surface area contributed by atoms with Gasteiger partial charge in [-0.05, 0) is 37.7 Å². The minimum Gasteiger partial charge on any atom is -0.384 e. The fraction of sp³-hybridized carbons (Fsp3) is 0.429. The van der Waals surface area contributed by atoms with Gasteiger partial charge >= 0.3 is 0 Å². The molecule has 0 spiro atoms. The number of carbonyl (C=O) groups excluding carboxylic acids is 1. The smallest absolute Gasteiger partial charge is 0.254 e. The third kappa shape index (κ3) is 3.58. The van der Waals surface area contributed by atoms with E-state index in [0.29, 0.717) is 17.0 Å². The van der Waals surface area contributed by atoms with Gasteiger partial charge in [0, 0.05) is 6.20 Å². The van der Waals surface area contributed by atoms with Crippen molar-refractivity contribution >= 4 is 17.7 Å². The van der Waals surface area contributed by atoms with Gasteiger partial charge in [0.05, 0.1) is 17.7 Å². The molecule has 0 saturated heterocycles. The van der Waals surface area contributed by atoms with E-state index in [2.05, 4.69) is 10.3 Å². The number of allylic oxidation sites excluding steroid dienone is 1. The molecule has 5 heteroatoms. The summed E-state index contributed by atoms with van der Waals surface area (Å²) in [6, 6.07) is 3.48. The number of carbonyl (C=O) groups is 1. The van der Waals surface area contributed by atoms with E-state index in [1.165, 1.54) is 11.8 Å². The molecule has 1 amide bonds. The number of aliphatic hydroxyl groups is 1. The predicted octanol–water partition coefficient (Wildman–Crippen LogP) is 2.00. The van der Waals surface area contributed by atoms with Crippen LogP contribution in [0.1, 0.15) is 29.6 Å². The Kier molecular flexibility index (Phi) is 4.61. The van der Waals surface area contributed by atoms with Crippen LogP contribution in [0.3, 0.4) is 0 Å². The number of hydrogen-bond acceptors (Lipinski definition) is 4. The molecule has 0 aromatic carbocycles. The van der Waals surface area contributed by atoms with E-state index in [4.69, 9.17) is 0 Å². The largest absolute Gasteiger partial charge is 0.384 e. The summed E-state index contributed by atoms with van der Waals surface area (Å²) < 4.78 is 0. The third-order valence-electron chi connectivity index (χ3n) is 3.17. The van der Waals surface area contributed by atoms with Crippen molar-refractivity contribution in [3.05, 3.63) is 36.0 Å². The van der Waals surface area contributed by atoms with Crippen molar-refractivity contribution in [3.63, 3.8) is 0 Å². The molecule has 2 N–H and O–H groups in total. The van der Waals surface area contributed by atoms with Gasteiger partial charge in [0.2, 0.25) is 0 Å². The van der Waals surface area contributed by atoms with Crippen molar-refractivity contribution in [2.75, 3.05) is 12.8 Å².